The Labute approximate surface area is 128 Å². The molecule has 1 heterocycles. The minimum Gasteiger partial charge on any atom is -0.497 e. The number of hydrogen-bond acceptors (Lipinski definition) is 4. The number of fused-ring (bicyclic) bond motifs is 3. The Balaban J connectivity index is 2.33. The van der Waals surface area contributed by atoms with E-state index in [4.69, 9.17) is 13.9 Å². The van der Waals surface area contributed by atoms with Gasteiger partial charge in [0.15, 0.2) is 0 Å². The number of hydrogen-bond donors (Lipinski definition) is 0. The first kappa shape index (κ1) is 14.4. The van der Waals surface area contributed by atoms with Gasteiger partial charge in [-0.05, 0) is 50.1 Å². The number of methoxy groups -OCH3 is 1. The molecule has 0 radical (unpaired) electrons. The number of ether oxygens (including phenoxy) is 2. The summed E-state index contributed by atoms with van der Waals surface area (Å²) in [4.78, 5) is 12.2. The summed E-state index contributed by atoms with van der Waals surface area (Å²) < 4.78 is 16.3. The molecule has 0 unspecified atom stereocenters. The minimum absolute atomic E-state index is 0.290. The van der Waals surface area contributed by atoms with E-state index in [0.717, 1.165) is 38.8 Å². The molecule has 0 N–H and O–H groups in total. The van der Waals surface area contributed by atoms with E-state index >= 15 is 0 Å². The fourth-order valence-electron chi connectivity index (χ4n) is 2.92. The van der Waals surface area contributed by atoms with Crippen LogP contribution in [0.2, 0.25) is 0 Å². The number of benzene rings is 2. The van der Waals surface area contributed by atoms with Crippen LogP contribution in [0.1, 0.15) is 28.4 Å². The summed E-state index contributed by atoms with van der Waals surface area (Å²) in [6.07, 6.45) is 0. The first-order valence-corrected chi connectivity index (χ1v) is 7.24. The maximum Gasteiger partial charge on any atom is 0.338 e. The van der Waals surface area contributed by atoms with Crippen LogP contribution in [0, 0.1) is 13.8 Å². The molecule has 0 aliphatic carbocycles. The van der Waals surface area contributed by atoms with Gasteiger partial charge in [0.05, 0.1) is 19.3 Å². The molecule has 4 heteroatoms. The van der Waals surface area contributed by atoms with Crippen molar-refractivity contribution in [2.75, 3.05) is 13.7 Å². The largest absolute Gasteiger partial charge is 0.497 e. The molecule has 0 saturated heterocycles. The second kappa shape index (κ2) is 5.37. The van der Waals surface area contributed by atoms with Crippen molar-refractivity contribution in [2.24, 2.45) is 0 Å². The molecule has 0 aliphatic heterocycles. The highest BCUT2D eigenvalue weighted by Gasteiger charge is 2.20. The Kier molecular flexibility index (Phi) is 3.53. The first-order valence-electron chi connectivity index (χ1n) is 7.24. The lowest BCUT2D eigenvalue weighted by molar-refractivity contribution is 0.0525. The highest BCUT2D eigenvalue weighted by molar-refractivity contribution is 6.10. The fourth-order valence-corrected chi connectivity index (χ4v) is 2.92. The van der Waals surface area contributed by atoms with E-state index in [1.807, 2.05) is 38.1 Å². The Hall–Kier alpha value is -2.49. The zero-order chi connectivity index (χ0) is 15.9. The normalized spacial score (nSPS) is 11.1. The van der Waals surface area contributed by atoms with Crippen LogP contribution in [0.5, 0.6) is 5.75 Å². The van der Waals surface area contributed by atoms with E-state index in [9.17, 15) is 4.79 Å². The summed E-state index contributed by atoms with van der Waals surface area (Å²) >= 11 is 0. The Bertz CT molecular complexity index is 874. The Morgan fingerprint density at radius 2 is 1.95 bits per heavy atom. The molecule has 22 heavy (non-hydrogen) atoms. The molecule has 0 spiro atoms. The summed E-state index contributed by atoms with van der Waals surface area (Å²) in [5, 5.41) is 1.92. The monoisotopic (exact) mass is 298 g/mol. The predicted octanol–water partition coefficient (Wildman–Crippen LogP) is 4.39. The smallest absolute Gasteiger partial charge is 0.338 e. The summed E-state index contributed by atoms with van der Waals surface area (Å²) in [6, 6.07) is 7.59. The molecule has 3 rings (SSSR count). The topological polar surface area (TPSA) is 48.7 Å². The van der Waals surface area contributed by atoms with E-state index in [-0.39, 0.29) is 5.97 Å². The number of furan rings is 1. The molecule has 0 saturated carbocycles. The fraction of sp³-hybridized carbons (Fsp3) is 0.278. The summed E-state index contributed by atoms with van der Waals surface area (Å²) in [5.41, 5.74) is 3.88. The third kappa shape index (κ3) is 2.11. The Morgan fingerprint density at radius 3 is 2.64 bits per heavy atom. The molecule has 114 valence electrons. The number of esters is 1. The van der Waals surface area contributed by atoms with Crippen LogP contribution >= 0.6 is 0 Å². The second-order valence-corrected chi connectivity index (χ2v) is 5.25. The van der Waals surface area contributed by atoms with E-state index in [1.165, 1.54) is 0 Å². The van der Waals surface area contributed by atoms with Crippen molar-refractivity contribution in [3.05, 3.63) is 41.0 Å². The lowest BCUT2D eigenvalue weighted by atomic mass is 9.97. The van der Waals surface area contributed by atoms with Crippen LogP contribution in [0.3, 0.4) is 0 Å². The van der Waals surface area contributed by atoms with Crippen molar-refractivity contribution in [3.8, 4) is 5.75 Å². The van der Waals surface area contributed by atoms with E-state index in [1.54, 1.807) is 14.0 Å². The van der Waals surface area contributed by atoms with Crippen LogP contribution in [0.4, 0.5) is 0 Å². The second-order valence-electron chi connectivity index (χ2n) is 5.25. The molecule has 0 aliphatic rings. The van der Waals surface area contributed by atoms with Crippen LogP contribution < -0.4 is 4.74 Å². The summed E-state index contributed by atoms with van der Waals surface area (Å²) in [6.45, 7) is 5.99. The van der Waals surface area contributed by atoms with Crippen molar-refractivity contribution < 1.29 is 18.7 Å². The molecular formula is C18H18O4. The van der Waals surface area contributed by atoms with Gasteiger partial charge < -0.3 is 13.9 Å². The quantitative estimate of drug-likeness (QED) is 0.673. The average molecular weight is 298 g/mol. The van der Waals surface area contributed by atoms with Gasteiger partial charge in [-0.25, -0.2) is 4.79 Å². The summed E-state index contributed by atoms with van der Waals surface area (Å²) in [5.74, 6) is 0.453. The molecule has 2 aromatic carbocycles. The lowest BCUT2D eigenvalue weighted by Crippen LogP contribution is -2.09. The van der Waals surface area contributed by atoms with Crippen LogP contribution in [-0.4, -0.2) is 19.7 Å². The lowest BCUT2D eigenvalue weighted by Gasteiger charge is -2.09. The van der Waals surface area contributed by atoms with Crippen LogP contribution in [0.25, 0.3) is 21.9 Å². The van der Waals surface area contributed by atoms with Crippen LogP contribution in [-0.2, 0) is 4.74 Å². The van der Waals surface area contributed by atoms with Gasteiger partial charge in [0, 0.05) is 16.8 Å². The molecule has 4 nitrogen and oxygen atoms in total. The average Bonchev–Trinajstić information content (AvgIpc) is 2.84. The van der Waals surface area contributed by atoms with Gasteiger partial charge in [0.1, 0.15) is 16.9 Å². The zero-order valence-corrected chi connectivity index (χ0v) is 13.1. The number of rotatable bonds is 3. The van der Waals surface area contributed by atoms with Crippen molar-refractivity contribution in [2.45, 2.75) is 20.8 Å². The predicted molar refractivity (Wildman–Crippen MR) is 85.7 cm³/mol. The van der Waals surface area contributed by atoms with Gasteiger partial charge in [-0.2, -0.15) is 0 Å². The van der Waals surface area contributed by atoms with Crippen LogP contribution in [0.15, 0.2) is 28.7 Å². The zero-order valence-electron chi connectivity index (χ0n) is 13.1. The van der Waals surface area contributed by atoms with Gasteiger partial charge in [0.2, 0.25) is 0 Å². The van der Waals surface area contributed by atoms with E-state index in [2.05, 4.69) is 0 Å². The maximum absolute atomic E-state index is 12.2. The molecule has 0 bridgehead atoms. The molecule has 1 aromatic heterocycles. The highest BCUT2D eigenvalue weighted by atomic mass is 16.5. The van der Waals surface area contributed by atoms with Gasteiger partial charge in [-0.1, -0.05) is 0 Å². The standard InChI is InChI=1S/C18H18O4/c1-5-21-18(19)16-10(2)8-15-17(11(16)3)13-7-6-12(20-4)9-14(13)22-15/h6-9H,5H2,1-4H3. The van der Waals surface area contributed by atoms with Crippen molar-refractivity contribution in [1.29, 1.82) is 0 Å². The van der Waals surface area contributed by atoms with Gasteiger partial charge >= 0.3 is 5.97 Å². The summed E-state index contributed by atoms with van der Waals surface area (Å²) in [7, 11) is 1.62. The van der Waals surface area contributed by atoms with Gasteiger partial charge in [0.25, 0.3) is 0 Å². The van der Waals surface area contributed by atoms with Crippen molar-refractivity contribution in [3.63, 3.8) is 0 Å². The molecule has 0 atom stereocenters. The number of carbonyl (C=O) groups is 1. The number of carbonyl (C=O) groups excluding carboxylic acids is 1. The molecule has 0 fully saturated rings. The number of aryl methyl sites for hydroxylation is 2. The molecular weight excluding hydrogens is 280 g/mol. The maximum atomic E-state index is 12.2. The minimum atomic E-state index is -0.290. The SMILES string of the molecule is CCOC(=O)c1c(C)cc2oc3cc(OC)ccc3c2c1C. The molecule has 0 amide bonds. The highest BCUT2D eigenvalue weighted by Crippen LogP contribution is 2.36. The van der Waals surface area contributed by atoms with E-state index < -0.39 is 0 Å². The van der Waals surface area contributed by atoms with E-state index in [0.29, 0.717) is 12.2 Å². The Morgan fingerprint density at radius 1 is 1.18 bits per heavy atom. The van der Waals surface area contributed by atoms with Crippen molar-refractivity contribution >= 4 is 27.9 Å². The first-order chi connectivity index (χ1) is 10.6. The van der Waals surface area contributed by atoms with Gasteiger partial charge in [-0.3, -0.25) is 0 Å². The third-order valence-electron chi connectivity index (χ3n) is 3.90. The third-order valence-corrected chi connectivity index (χ3v) is 3.90. The van der Waals surface area contributed by atoms with Gasteiger partial charge in [-0.15, -0.1) is 0 Å². The van der Waals surface area contributed by atoms with Crippen molar-refractivity contribution in [1.82, 2.24) is 0 Å². The molecule has 3 aromatic rings.